The van der Waals surface area contributed by atoms with Gasteiger partial charge in [0.25, 0.3) is 0 Å². The van der Waals surface area contributed by atoms with Gasteiger partial charge in [-0.2, -0.15) is 0 Å². The van der Waals surface area contributed by atoms with E-state index < -0.39 is 0 Å². The molecule has 0 saturated carbocycles. The molecule has 0 radical (unpaired) electrons. The predicted octanol–water partition coefficient (Wildman–Crippen LogP) is 4.16. The van der Waals surface area contributed by atoms with Crippen molar-refractivity contribution in [2.24, 2.45) is 0 Å². The normalized spacial score (nSPS) is 13.8. The van der Waals surface area contributed by atoms with Crippen LogP contribution in [0.2, 0.25) is 0 Å². The number of rotatable bonds is 4. The molecule has 0 nitrogen and oxygen atoms in total. The minimum absolute atomic E-state index is 0.631. The molecule has 0 N–H and O–H groups in total. The minimum Gasteiger partial charge on any atom is -0.123 e. The Balaban J connectivity index is 4.45. The van der Waals surface area contributed by atoms with Crippen LogP contribution in [0.25, 0.3) is 0 Å². The van der Waals surface area contributed by atoms with E-state index in [1.54, 1.807) is 0 Å². The standard InChI is InChI=1S/C11H18S/c1-6-8-11(10(5)7-2)12-9(3)4/h6-9H,1H2,2-5H3/b10-7-,11-8+. The van der Waals surface area contributed by atoms with Gasteiger partial charge in [0, 0.05) is 10.2 Å². The lowest BCUT2D eigenvalue weighted by molar-refractivity contribution is 1.12. The fourth-order valence-corrected chi connectivity index (χ4v) is 1.75. The molecule has 0 bridgehead atoms. The van der Waals surface area contributed by atoms with Crippen molar-refractivity contribution in [2.75, 3.05) is 0 Å². The fourth-order valence-electron chi connectivity index (χ4n) is 0.767. The molecule has 0 aliphatic heterocycles. The molecule has 12 heavy (non-hydrogen) atoms. The Labute approximate surface area is 80.4 Å². The Kier molecular flexibility index (Phi) is 5.91. The summed E-state index contributed by atoms with van der Waals surface area (Å²) in [5, 5.41) is 0.631. The molecule has 0 unspecified atom stereocenters. The van der Waals surface area contributed by atoms with E-state index in [4.69, 9.17) is 0 Å². The first kappa shape index (κ1) is 11.6. The summed E-state index contributed by atoms with van der Waals surface area (Å²) in [6.07, 6.45) is 6.04. The van der Waals surface area contributed by atoms with Crippen LogP contribution in [0.5, 0.6) is 0 Å². The first-order valence-electron chi connectivity index (χ1n) is 4.24. The molecule has 0 aromatic rings. The molecule has 0 spiro atoms. The van der Waals surface area contributed by atoms with Gasteiger partial charge in [0.1, 0.15) is 0 Å². The lowest BCUT2D eigenvalue weighted by Gasteiger charge is -2.09. The Morgan fingerprint density at radius 1 is 1.42 bits per heavy atom. The molecule has 1 heteroatoms. The third kappa shape index (κ3) is 4.45. The van der Waals surface area contributed by atoms with E-state index in [0.29, 0.717) is 5.25 Å². The van der Waals surface area contributed by atoms with Gasteiger partial charge < -0.3 is 0 Å². The second kappa shape index (κ2) is 6.13. The van der Waals surface area contributed by atoms with Gasteiger partial charge in [-0.3, -0.25) is 0 Å². The molecule has 0 fully saturated rings. The van der Waals surface area contributed by atoms with Gasteiger partial charge >= 0.3 is 0 Å². The molecule has 0 aromatic carbocycles. The largest absolute Gasteiger partial charge is 0.123 e. The SMILES string of the molecule is C=C/C=C(SC(C)C)\C(C)=C/C. The van der Waals surface area contributed by atoms with Gasteiger partial charge in [0.2, 0.25) is 0 Å². The van der Waals surface area contributed by atoms with Gasteiger partial charge in [0.05, 0.1) is 0 Å². The highest BCUT2D eigenvalue weighted by molar-refractivity contribution is 8.03. The molecular formula is C11H18S. The van der Waals surface area contributed by atoms with Gasteiger partial charge in [-0.25, -0.2) is 0 Å². The topological polar surface area (TPSA) is 0 Å². The van der Waals surface area contributed by atoms with E-state index in [2.05, 4.69) is 46.4 Å². The van der Waals surface area contributed by atoms with Crippen molar-refractivity contribution in [3.05, 3.63) is 35.3 Å². The molecule has 0 aliphatic carbocycles. The Bertz CT molecular complexity index is 197. The second-order valence-corrected chi connectivity index (χ2v) is 4.52. The van der Waals surface area contributed by atoms with Crippen LogP contribution in [0.4, 0.5) is 0 Å². The molecule has 0 aromatic heterocycles. The summed E-state index contributed by atoms with van der Waals surface area (Å²) in [6.45, 7) is 12.3. The highest BCUT2D eigenvalue weighted by atomic mass is 32.2. The molecule has 0 saturated heterocycles. The van der Waals surface area contributed by atoms with Gasteiger partial charge in [-0.1, -0.05) is 32.6 Å². The minimum atomic E-state index is 0.631. The summed E-state index contributed by atoms with van der Waals surface area (Å²) in [4.78, 5) is 1.32. The third-order valence-corrected chi connectivity index (χ3v) is 2.64. The van der Waals surface area contributed by atoms with Crippen LogP contribution < -0.4 is 0 Å². The Hall–Kier alpha value is -0.430. The lowest BCUT2D eigenvalue weighted by Crippen LogP contribution is -1.89. The summed E-state index contributed by atoms with van der Waals surface area (Å²) in [6, 6.07) is 0. The molecular weight excluding hydrogens is 164 g/mol. The zero-order chi connectivity index (χ0) is 9.56. The molecule has 0 amide bonds. The fraction of sp³-hybridized carbons (Fsp3) is 0.455. The average Bonchev–Trinajstić information content (AvgIpc) is 2.01. The monoisotopic (exact) mass is 182 g/mol. The van der Waals surface area contributed by atoms with Gasteiger partial charge in [-0.15, -0.1) is 11.8 Å². The Morgan fingerprint density at radius 2 is 2.00 bits per heavy atom. The molecule has 68 valence electrons. The van der Waals surface area contributed by atoms with Crippen molar-refractivity contribution >= 4 is 11.8 Å². The van der Waals surface area contributed by atoms with Crippen LogP contribution >= 0.6 is 11.8 Å². The van der Waals surface area contributed by atoms with Crippen molar-refractivity contribution in [1.82, 2.24) is 0 Å². The maximum Gasteiger partial charge on any atom is 0.0100 e. The molecule has 0 heterocycles. The number of thioether (sulfide) groups is 1. The van der Waals surface area contributed by atoms with E-state index in [0.717, 1.165) is 0 Å². The first-order valence-corrected chi connectivity index (χ1v) is 5.12. The summed E-state index contributed by atoms with van der Waals surface area (Å²) in [7, 11) is 0. The quantitative estimate of drug-likeness (QED) is 0.588. The lowest BCUT2D eigenvalue weighted by atomic mass is 10.2. The van der Waals surface area contributed by atoms with Crippen molar-refractivity contribution in [3.63, 3.8) is 0 Å². The van der Waals surface area contributed by atoms with Crippen LogP contribution in [-0.4, -0.2) is 5.25 Å². The maximum atomic E-state index is 3.71. The van der Waals surface area contributed by atoms with Crippen LogP contribution in [0.15, 0.2) is 35.3 Å². The number of allylic oxidation sites excluding steroid dienone is 4. The predicted molar refractivity (Wildman–Crippen MR) is 60.4 cm³/mol. The highest BCUT2D eigenvalue weighted by Crippen LogP contribution is 2.27. The van der Waals surface area contributed by atoms with Crippen LogP contribution in [0, 0.1) is 0 Å². The molecule has 0 aliphatic rings. The third-order valence-electron chi connectivity index (χ3n) is 1.45. The summed E-state index contributed by atoms with van der Waals surface area (Å²) in [5.41, 5.74) is 1.33. The average molecular weight is 182 g/mol. The van der Waals surface area contributed by atoms with E-state index in [1.165, 1.54) is 10.5 Å². The summed E-state index contributed by atoms with van der Waals surface area (Å²) >= 11 is 1.88. The van der Waals surface area contributed by atoms with Crippen LogP contribution in [0.1, 0.15) is 27.7 Å². The van der Waals surface area contributed by atoms with Crippen molar-refractivity contribution in [3.8, 4) is 0 Å². The maximum absolute atomic E-state index is 3.71. The number of hydrogen-bond donors (Lipinski definition) is 0. The van der Waals surface area contributed by atoms with Gasteiger partial charge in [0.15, 0.2) is 0 Å². The zero-order valence-corrected chi connectivity index (χ0v) is 9.24. The summed E-state index contributed by atoms with van der Waals surface area (Å²) in [5.74, 6) is 0. The number of hydrogen-bond acceptors (Lipinski definition) is 1. The van der Waals surface area contributed by atoms with E-state index in [1.807, 2.05) is 17.8 Å². The van der Waals surface area contributed by atoms with Crippen LogP contribution in [-0.2, 0) is 0 Å². The summed E-state index contributed by atoms with van der Waals surface area (Å²) < 4.78 is 0. The van der Waals surface area contributed by atoms with Gasteiger partial charge in [-0.05, 0) is 25.5 Å². The van der Waals surface area contributed by atoms with E-state index in [9.17, 15) is 0 Å². The second-order valence-electron chi connectivity index (χ2n) is 2.90. The Morgan fingerprint density at radius 3 is 2.33 bits per heavy atom. The van der Waals surface area contributed by atoms with Crippen molar-refractivity contribution in [2.45, 2.75) is 32.9 Å². The smallest absolute Gasteiger partial charge is 0.0100 e. The molecule has 0 rings (SSSR count). The molecule has 0 atom stereocenters. The van der Waals surface area contributed by atoms with Crippen molar-refractivity contribution < 1.29 is 0 Å². The van der Waals surface area contributed by atoms with E-state index in [-0.39, 0.29) is 0 Å². The zero-order valence-electron chi connectivity index (χ0n) is 8.42. The van der Waals surface area contributed by atoms with Crippen LogP contribution in [0.3, 0.4) is 0 Å². The first-order chi connectivity index (χ1) is 5.61. The van der Waals surface area contributed by atoms with Crippen molar-refractivity contribution in [1.29, 1.82) is 0 Å². The highest BCUT2D eigenvalue weighted by Gasteiger charge is 2.01. The van der Waals surface area contributed by atoms with E-state index >= 15 is 0 Å².